The van der Waals surface area contributed by atoms with Crippen molar-refractivity contribution in [3.05, 3.63) is 0 Å². The van der Waals surface area contributed by atoms with Gasteiger partial charge in [-0.2, -0.15) is 0 Å². The van der Waals surface area contributed by atoms with E-state index in [1.54, 1.807) is 0 Å². The van der Waals surface area contributed by atoms with Gasteiger partial charge >= 0.3 is 7.87 Å². The van der Waals surface area contributed by atoms with Crippen molar-refractivity contribution < 1.29 is 0 Å². The van der Waals surface area contributed by atoms with Gasteiger partial charge in [0.25, 0.3) is 0 Å². The zero-order valence-corrected chi connectivity index (χ0v) is 23.1. The molecule has 0 aliphatic carbocycles. The van der Waals surface area contributed by atoms with Gasteiger partial charge in [-0.3, -0.25) is 0 Å². The van der Waals surface area contributed by atoms with Crippen LogP contribution in [-0.2, 0) is 0 Å². The van der Waals surface area contributed by atoms with E-state index in [1.807, 2.05) is 0 Å². The van der Waals surface area contributed by atoms with Crippen molar-refractivity contribution in [2.24, 2.45) is 0 Å². The van der Waals surface area contributed by atoms with E-state index >= 15 is 0 Å². The third-order valence-corrected chi connectivity index (χ3v) is 12.3. The lowest BCUT2D eigenvalue weighted by Crippen LogP contribution is -2.57. The van der Waals surface area contributed by atoms with Gasteiger partial charge in [0.15, 0.2) is 0 Å². The third kappa shape index (κ3) is 6.16. The van der Waals surface area contributed by atoms with Crippen LogP contribution in [0.4, 0.5) is 0 Å². The molecule has 0 rings (SSSR count). The van der Waals surface area contributed by atoms with Gasteiger partial charge in [0, 0.05) is 52.4 Å². The van der Waals surface area contributed by atoms with Crippen molar-refractivity contribution in [2.75, 3.05) is 28.2 Å². The number of hydrogen-bond acceptors (Lipinski definition) is 4. The lowest BCUT2D eigenvalue weighted by Gasteiger charge is -2.54. The Bertz CT molecular complexity index is 326. The van der Waals surface area contributed by atoms with Crippen molar-refractivity contribution in [3.63, 3.8) is 0 Å². The monoisotopic (exact) mass is 431 g/mol. The fourth-order valence-electron chi connectivity index (χ4n) is 5.48. The molecule has 0 aromatic carbocycles. The van der Waals surface area contributed by atoms with Crippen LogP contribution in [-0.4, -0.2) is 71.0 Å². The third-order valence-electron chi connectivity index (χ3n) is 7.58. The molecule has 0 N–H and O–H groups in total. The summed E-state index contributed by atoms with van der Waals surface area (Å²) in [4.78, 5) is 0. The van der Waals surface area contributed by atoms with Crippen LogP contribution in [0.25, 0.3) is 0 Å². The van der Waals surface area contributed by atoms with E-state index in [1.165, 1.54) is 51.4 Å². The Kier molecular flexibility index (Phi) is 14.5. The van der Waals surface area contributed by atoms with Crippen molar-refractivity contribution in [2.45, 2.75) is 131 Å². The van der Waals surface area contributed by atoms with Gasteiger partial charge in [-0.1, -0.05) is 55.4 Å². The highest BCUT2D eigenvalue weighted by Crippen LogP contribution is 2.71. The molecule has 4 nitrogen and oxygen atoms in total. The molecule has 0 heterocycles. The molecule has 0 saturated heterocycles. The van der Waals surface area contributed by atoms with E-state index in [0.717, 1.165) is 0 Å². The highest BCUT2D eigenvalue weighted by Gasteiger charge is 2.61. The first-order chi connectivity index (χ1) is 13.7. The maximum atomic E-state index is 2.82. The summed E-state index contributed by atoms with van der Waals surface area (Å²) in [5, 5.41) is 0. The molecule has 5 heteroatoms. The molecule has 0 radical (unpaired) electrons. The molecule has 0 spiro atoms. The molecule has 0 unspecified atom stereocenters. The van der Waals surface area contributed by atoms with E-state index in [-0.39, 0.29) is 0 Å². The summed E-state index contributed by atoms with van der Waals surface area (Å²) >= 11 is 0. The number of hydrogen-bond donors (Lipinski definition) is 0. The van der Waals surface area contributed by atoms with E-state index in [9.17, 15) is 0 Å². The summed E-state index contributed by atoms with van der Waals surface area (Å²) < 4.78 is 11.3. The van der Waals surface area contributed by atoms with Gasteiger partial charge in [-0.25, -0.2) is 0 Å². The van der Waals surface area contributed by atoms with Crippen LogP contribution in [0.1, 0.15) is 107 Å². The van der Waals surface area contributed by atoms with E-state index in [2.05, 4.69) is 102 Å². The zero-order valence-electron chi connectivity index (χ0n) is 22.2. The summed E-state index contributed by atoms with van der Waals surface area (Å²) in [5.74, 6) is 0. The largest absolute Gasteiger partial charge is 0.308 e. The van der Waals surface area contributed by atoms with Gasteiger partial charge in [-0.15, -0.1) is 18.7 Å². The quantitative estimate of drug-likeness (QED) is 0.241. The summed E-state index contributed by atoms with van der Waals surface area (Å²) in [6, 6.07) is 2.42. The lowest BCUT2D eigenvalue weighted by atomic mass is 10.2. The molecule has 0 amide bonds. The molecule has 0 saturated carbocycles. The van der Waals surface area contributed by atoms with Crippen LogP contribution in [0.5, 0.6) is 0 Å². The van der Waals surface area contributed by atoms with Crippen LogP contribution in [0, 0.1) is 0 Å². The highest BCUT2D eigenvalue weighted by molar-refractivity contribution is 7.66. The number of rotatable bonds is 16. The van der Waals surface area contributed by atoms with E-state index in [0.29, 0.717) is 24.2 Å². The van der Waals surface area contributed by atoms with E-state index < -0.39 is 7.87 Å². The predicted octanol–water partition coefficient (Wildman–Crippen LogP) is 7.15. The Morgan fingerprint density at radius 1 is 0.379 bits per heavy atom. The van der Waals surface area contributed by atoms with Gasteiger partial charge in [-0.05, 0) is 51.4 Å². The van der Waals surface area contributed by atoms with Gasteiger partial charge in [0.2, 0.25) is 0 Å². The topological polar surface area (TPSA) is 13.0 Å². The summed E-state index contributed by atoms with van der Waals surface area (Å²) in [5.41, 5.74) is 0. The summed E-state index contributed by atoms with van der Waals surface area (Å²) in [7, 11) is 7.85. The molecular formula is C24H56N4P+. The first kappa shape index (κ1) is 29.3. The smallest absolute Gasteiger partial charge is 0.133 e. The maximum absolute atomic E-state index is 2.82. The molecule has 0 fully saturated rings. The molecule has 0 bridgehead atoms. The molecular weight excluding hydrogens is 375 g/mol. The first-order valence-electron chi connectivity index (χ1n) is 12.5. The summed E-state index contributed by atoms with van der Waals surface area (Å²) in [6.07, 6.45) is 9.66. The molecule has 0 aromatic heterocycles. The highest BCUT2D eigenvalue weighted by atomic mass is 31.2. The maximum Gasteiger partial charge on any atom is 0.308 e. The van der Waals surface area contributed by atoms with Gasteiger partial charge < -0.3 is 0 Å². The Morgan fingerprint density at radius 3 is 0.621 bits per heavy atom. The average Bonchev–Trinajstić information content (AvgIpc) is 2.72. The Balaban J connectivity index is 6.90. The zero-order chi connectivity index (χ0) is 22.8. The second kappa shape index (κ2) is 14.4. The van der Waals surface area contributed by atoms with Gasteiger partial charge in [0.1, 0.15) is 0 Å². The Hall–Kier alpha value is 0.270. The van der Waals surface area contributed by atoms with Crippen LogP contribution in [0.3, 0.4) is 0 Å². The minimum atomic E-state index is -1.88. The van der Waals surface area contributed by atoms with Crippen molar-refractivity contribution >= 4 is 7.87 Å². The fourth-order valence-corrected chi connectivity index (χ4v) is 11.2. The SMILES string of the molecule is CCC(CC)N(C)[P+](N(C)C(CC)CC)(N(C)C(CC)CC)N(C)C(CC)CC. The molecule has 0 aliphatic heterocycles. The second-order valence-electron chi connectivity index (χ2n) is 8.71. The van der Waals surface area contributed by atoms with Crippen molar-refractivity contribution in [1.29, 1.82) is 0 Å². The molecule has 0 atom stereocenters. The Morgan fingerprint density at radius 2 is 0.517 bits per heavy atom. The van der Waals surface area contributed by atoms with Gasteiger partial charge in [0.05, 0.1) is 0 Å². The average molecular weight is 432 g/mol. The number of nitrogens with zero attached hydrogens (tertiary/aromatic N) is 4. The fraction of sp³-hybridized carbons (Fsp3) is 1.00. The molecule has 0 aliphatic rings. The molecule has 29 heavy (non-hydrogen) atoms. The minimum Gasteiger partial charge on any atom is -0.133 e. The van der Waals surface area contributed by atoms with Crippen molar-refractivity contribution in [1.82, 2.24) is 18.7 Å². The van der Waals surface area contributed by atoms with E-state index in [4.69, 9.17) is 0 Å². The standard InChI is InChI=1S/C24H56N4P/c1-13-21(14-2)25(9)29(26(10)22(15-3)16-4,27(11)23(17-5)18-6)28(12)24(19-7)20-8/h21-24H,13-20H2,1-12H3/q+1. The van der Waals surface area contributed by atoms with Crippen molar-refractivity contribution in [3.8, 4) is 0 Å². The molecule has 176 valence electrons. The normalized spacial score (nSPS) is 13.7. The lowest BCUT2D eigenvalue weighted by molar-refractivity contribution is 0.185. The first-order valence-corrected chi connectivity index (χ1v) is 14.1. The minimum absolute atomic E-state index is 0.605. The predicted molar refractivity (Wildman–Crippen MR) is 135 cm³/mol. The second-order valence-corrected chi connectivity index (χ2v) is 12.3. The van der Waals surface area contributed by atoms with Crippen LogP contribution in [0.15, 0.2) is 0 Å². The summed E-state index contributed by atoms with van der Waals surface area (Å²) in [6.45, 7) is 18.9. The Labute approximate surface area is 185 Å². The van der Waals surface area contributed by atoms with Crippen LogP contribution in [0.2, 0.25) is 0 Å². The molecule has 0 aromatic rings. The van der Waals surface area contributed by atoms with Crippen LogP contribution >= 0.6 is 7.87 Å². The van der Waals surface area contributed by atoms with Crippen LogP contribution < -0.4 is 0 Å².